The number of aryl methyl sites for hydroxylation is 1. The van der Waals surface area contributed by atoms with Crippen molar-refractivity contribution in [3.8, 4) is 33.9 Å². The molecular weight excluding hydrogens is 422 g/mol. The third-order valence-corrected chi connectivity index (χ3v) is 6.21. The predicted molar refractivity (Wildman–Crippen MR) is 135 cm³/mol. The molecular formula is C28H31N5O. The zero-order chi connectivity index (χ0) is 23.5. The molecule has 0 bridgehead atoms. The van der Waals surface area contributed by atoms with Gasteiger partial charge < -0.3 is 9.72 Å². The number of rotatable bonds is 6. The molecule has 3 aromatic heterocycles. The molecule has 6 nitrogen and oxygen atoms in total. The van der Waals surface area contributed by atoms with Crippen molar-refractivity contribution in [2.45, 2.75) is 33.2 Å². The van der Waals surface area contributed by atoms with Crippen molar-refractivity contribution < 1.29 is 4.74 Å². The van der Waals surface area contributed by atoms with Crippen LogP contribution in [0.1, 0.15) is 36.8 Å². The number of morpholine rings is 1. The van der Waals surface area contributed by atoms with Gasteiger partial charge in [0.1, 0.15) is 5.82 Å². The van der Waals surface area contributed by atoms with Gasteiger partial charge in [-0.05, 0) is 36.8 Å². The number of nitrogens with zero attached hydrogens (tertiary/aromatic N) is 4. The summed E-state index contributed by atoms with van der Waals surface area (Å²) in [6.07, 6.45) is 1.86. The van der Waals surface area contributed by atoms with Crippen LogP contribution in [0.3, 0.4) is 0 Å². The molecule has 6 heteroatoms. The first-order valence-corrected chi connectivity index (χ1v) is 12.0. The Kier molecular flexibility index (Phi) is 6.52. The largest absolute Gasteiger partial charge is 0.379 e. The van der Waals surface area contributed by atoms with Crippen molar-refractivity contribution in [2.75, 3.05) is 26.3 Å². The minimum atomic E-state index is 0.289. The van der Waals surface area contributed by atoms with Crippen LogP contribution < -0.4 is 0 Å². The second-order valence-electron chi connectivity index (χ2n) is 9.18. The number of ether oxygens (including phenoxy) is 1. The SMILES string of the molecule is Cc1cccc(-c2[nH]c(C(C)C)nc2-c2ccnc(-c3ccc(CN4CCOCC4)cc3)c2)n1. The van der Waals surface area contributed by atoms with Crippen LogP contribution in [0.5, 0.6) is 0 Å². The lowest BCUT2D eigenvalue weighted by molar-refractivity contribution is 0.0342. The highest BCUT2D eigenvalue weighted by Crippen LogP contribution is 2.32. The first-order valence-electron chi connectivity index (χ1n) is 12.0. The molecule has 0 atom stereocenters. The minimum absolute atomic E-state index is 0.289. The molecule has 4 aromatic rings. The maximum absolute atomic E-state index is 5.46. The van der Waals surface area contributed by atoms with Crippen molar-refractivity contribution in [1.82, 2.24) is 24.8 Å². The van der Waals surface area contributed by atoms with Crippen molar-refractivity contribution in [3.63, 3.8) is 0 Å². The van der Waals surface area contributed by atoms with E-state index < -0.39 is 0 Å². The molecule has 1 N–H and O–H groups in total. The highest BCUT2D eigenvalue weighted by Gasteiger charge is 2.18. The van der Waals surface area contributed by atoms with E-state index in [1.165, 1.54) is 5.56 Å². The van der Waals surface area contributed by atoms with E-state index in [4.69, 9.17) is 14.7 Å². The topological polar surface area (TPSA) is 66.9 Å². The fraction of sp³-hybridized carbons (Fsp3) is 0.321. The van der Waals surface area contributed by atoms with E-state index in [1.54, 1.807) is 0 Å². The Morgan fingerprint density at radius 1 is 0.941 bits per heavy atom. The summed E-state index contributed by atoms with van der Waals surface area (Å²) in [5, 5.41) is 0. The quantitative estimate of drug-likeness (QED) is 0.420. The number of hydrogen-bond acceptors (Lipinski definition) is 5. The monoisotopic (exact) mass is 453 g/mol. The summed E-state index contributed by atoms with van der Waals surface area (Å²) >= 11 is 0. The number of nitrogens with one attached hydrogen (secondary N) is 1. The molecule has 0 radical (unpaired) electrons. The summed E-state index contributed by atoms with van der Waals surface area (Å²) in [6.45, 7) is 10.9. The predicted octanol–water partition coefficient (Wildman–Crippen LogP) is 5.46. The van der Waals surface area contributed by atoms with E-state index >= 15 is 0 Å². The molecule has 174 valence electrons. The molecule has 0 unspecified atom stereocenters. The maximum atomic E-state index is 5.46. The molecule has 0 aliphatic carbocycles. The van der Waals surface area contributed by atoms with Crippen LogP contribution in [-0.2, 0) is 11.3 Å². The maximum Gasteiger partial charge on any atom is 0.109 e. The summed E-state index contributed by atoms with van der Waals surface area (Å²) in [5.74, 6) is 1.25. The van der Waals surface area contributed by atoms with Crippen molar-refractivity contribution >= 4 is 0 Å². The third-order valence-electron chi connectivity index (χ3n) is 6.21. The zero-order valence-electron chi connectivity index (χ0n) is 20.1. The highest BCUT2D eigenvalue weighted by atomic mass is 16.5. The molecule has 1 aromatic carbocycles. The molecule has 1 saturated heterocycles. The molecule has 34 heavy (non-hydrogen) atoms. The van der Waals surface area contributed by atoms with Gasteiger partial charge >= 0.3 is 0 Å². The number of imidazole rings is 1. The van der Waals surface area contributed by atoms with Crippen LogP contribution in [0.25, 0.3) is 33.9 Å². The first-order chi connectivity index (χ1) is 16.6. The van der Waals surface area contributed by atoms with Gasteiger partial charge in [-0.3, -0.25) is 14.9 Å². The van der Waals surface area contributed by atoms with E-state index in [-0.39, 0.29) is 5.92 Å². The molecule has 4 heterocycles. The lowest BCUT2D eigenvalue weighted by Gasteiger charge is -2.26. The number of aromatic nitrogens is 4. The summed E-state index contributed by atoms with van der Waals surface area (Å²) in [5.41, 5.74) is 8.12. The van der Waals surface area contributed by atoms with Gasteiger partial charge in [-0.15, -0.1) is 0 Å². The van der Waals surface area contributed by atoms with Crippen LogP contribution in [0.2, 0.25) is 0 Å². The standard InChI is InChI=1S/C28H31N5O/c1-19(2)28-31-26(27(32-28)24-6-4-5-20(3)30-24)23-11-12-29-25(17-23)22-9-7-21(8-10-22)18-33-13-15-34-16-14-33/h4-12,17,19H,13-16,18H2,1-3H3,(H,31,32). The fourth-order valence-corrected chi connectivity index (χ4v) is 4.28. The van der Waals surface area contributed by atoms with Crippen LogP contribution in [0.15, 0.2) is 60.8 Å². The average molecular weight is 454 g/mol. The molecule has 0 amide bonds. The Bertz CT molecular complexity index is 1260. The molecule has 1 fully saturated rings. The summed E-state index contributed by atoms with van der Waals surface area (Å²) in [4.78, 5) is 20.3. The van der Waals surface area contributed by atoms with Gasteiger partial charge in [0.15, 0.2) is 0 Å². The highest BCUT2D eigenvalue weighted by molar-refractivity contribution is 5.79. The Hall–Kier alpha value is -3.35. The van der Waals surface area contributed by atoms with Gasteiger partial charge in [0.05, 0.1) is 36.0 Å². The van der Waals surface area contributed by atoms with Crippen LogP contribution in [-0.4, -0.2) is 51.1 Å². The molecule has 1 aliphatic rings. The number of H-pyrrole nitrogens is 1. The van der Waals surface area contributed by atoms with Crippen molar-refractivity contribution in [1.29, 1.82) is 0 Å². The second kappa shape index (κ2) is 9.87. The van der Waals surface area contributed by atoms with E-state index in [1.807, 2.05) is 37.4 Å². The van der Waals surface area contributed by atoms with Gasteiger partial charge in [0.25, 0.3) is 0 Å². The first kappa shape index (κ1) is 22.4. The van der Waals surface area contributed by atoms with Crippen molar-refractivity contribution in [3.05, 3.63) is 77.9 Å². The van der Waals surface area contributed by atoms with Crippen LogP contribution in [0, 0.1) is 6.92 Å². The lowest BCUT2D eigenvalue weighted by Crippen LogP contribution is -2.35. The lowest BCUT2D eigenvalue weighted by atomic mass is 10.0. The van der Waals surface area contributed by atoms with Gasteiger partial charge in [-0.25, -0.2) is 4.98 Å². The average Bonchev–Trinajstić information content (AvgIpc) is 3.32. The molecule has 0 saturated carbocycles. The van der Waals surface area contributed by atoms with Gasteiger partial charge in [-0.1, -0.05) is 44.2 Å². The smallest absolute Gasteiger partial charge is 0.109 e. The summed E-state index contributed by atoms with van der Waals surface area (Å²) in [7, 11) is 0. The number of aromatic amines is 1. The molecule has 0 spiro atoms. The van der Waals surface area contributed by atoms with Crippen LogP contribution in [0.4, 0.5) is 0 Å². The van der Waals surface area contributed by atoms with E-state index in [0.29, 0.717) is 0 Å². The van der Waals surface area contributed by atoms with Crippen molar-refractivity contribution in [2.24, 2.45) is 0 Å². The van der Waals surface area contributed by atoms with E-state index in [2.05, 4.69) is 59.0 Å². The summed E-state index contributed by atoms with van der Waals surface area (Å²) < 4.78 is 5.46. The van der Waals surface area contributed by atoms with Gasteiger partial charge in [0, 0.05) is 48.6 Å². The molecule has 5 rings (SSSR count). The second-order valence-corrected chi connectivity index (χ2v) is 9.18. The zero-order valence-corrected chi connectivity index (χ0v) is 20.1. The number of benzene rings is 1. The Morgan fingerprint density at radius 3 is 2.47 bits per heavy atom. The van der Waals surface area contributed by atoms with E-state index in [9.17, 15) is 0 Å². The fourth-order valence-electron chi connectivity index (χ4n) is 4.28. The molecule has 1 aliphatic heterocycles. The van der Waals surface area contributed by atoms with Gasteiger partial charge in [-0.2, -0.15) is 0 Å². The normalized spacial score (nSPS) is 14.6. The van der Waals surface area contributed by atoms with Gasteiger partial charge in [0.2, 0.25) is 0 Å². The number of pyridine rings is 2. The number of hydrogen-bond donors (Lipinski definition) is 1. The Morgan fingerprint density at radius 2 is 1.74 bits per heavy atom. The Balaban J connectivity index is 1.45. The summed E-state index contributed by atoms with van der Waals surface area (Å²) in [6, 6.07) is 18.9. The van der Waals surface area contributed by atoms with E-state index in [0.717, 1.165) is 78.3 Å². The Labute approximate surface area is 201 Å². The third kappa shape index (κ3) is 4.93. The minimum Gasteiger partial charge on any atom is -0.379 e. The van der Waals surface area contributed by atoms with Crippen LogP contribution >= 0.6 is 0 Å².